The molecule has 1 rings (SSSR count). The normalized spacial score (nSPS) is 13.1. The van der Waals surface area contributed by atoms with Crippen LogP contribution in [0.2, 0.25) is 0 Å². The highest BCUT2D eigenvalue weighted by Gasteiger charge is 1.91. The predicted octanol–water partition coefficient (Wildman–Crippen LogP) is 1.69. The molecule has 0 heterocycles. The summed E-state index contributed by atoms with van der Waals surface area (Å²) in [6.07, 6.45) is 2.53. The van der Waals surface area contributed by atoms with Crippen LogP contribution in [0.25, 0.3) is 0 Å². The Bertz CT molecular complexity index is 266. The van der Waals surface area contributed by atoms with Crippen molar-refractivity contribution in [2.45, 2.75) is 13.0 Å². The second-order valence-corrected chi connectivity index (χ2v) is 2.57. The monoisotopic (exact) mass is 161 g/mol. The molecule has 1 aromatic rings. The third-order valence-corrected chi connectivity index (χ3v) is 1.46. The van der Waals surface area contributed by atoms with E-state index in [1.54, 1.807) is 13.1 Å². The van der Waals surface area contributed by atoms with Crippen LogP contribution in [0, 0.1) is 0 Å². The number of aldehydes is 1. The summed E-state index contributed by atoms with van der Waals surface area (Å²) in [4.78, 5) is 14.2. The fourth-order valence-corrected chi connectivity index (χ4v) is 0.778. The van der Waals surface area contributed by atoms with Crippen molar-refractivity contribution in [3.63, 3.8) is 0 Å². The Kier molecular flexibility index (Phi) is 3.20. The van der Waals surface area contributed by atoms with E-state index < -0.39 is 0 Å². The molecule has 0 aliphatic heterocycles. The van der Waals surface area contributed by atoms with Crippen LogP contribution >= 0.6 is 0 Å². The number of nitrogens with zero attached hydrogens (tertiary/aromatic N) is 1. The van der Waals surface area contributed by atoms with E-state index in [4.69, 9.17) is 0 Å². The van der Waals surface area contributed by atoms with E-state index in [9.17, 15) is 4.79 Å². The van der Waals surface area contributed by atoms with Gasteiger partial charge in [-0.1, -0.05) is 30.3 Å². The van der Waals surface area contributed by atoms with E-state index >= 15 is 0 Å². The second kappa shape index (κ2) is 4.44. The fraction of sp³-hybridized carbons (Fsp3) is 0.200. The summed E-state index contributed by atoms with van der Waals surface area (Å²) in [5, 5.41) is 0. The molecule has 2 nitrogen and oxygen atoms in total. The van der Waals surface area contributed by atoms with Gasteiger partial charge in [0, 0.05) is 6.21 Å². The Hall–Kier alpha value is -1.44. The van der Waals surface area contributed by atoms with Gasteiger partial charge in [-0.15, -0.1) is 0 Å². The van der Waals surface area contributed by atoms with E-state index in [-0.39, 0.29) is 6.04 Å². The molecular formula is C10H11NO. The summed E-state index contributed by atoms with van der Waals surface area (Å²) in [5.74, 6) is 0. The Morgan fingerprint density at radius 3 is 2.58 bits per heavy atom. The van der Waals surface area contributed by atoms with Gasteiger partial charge in [-0.05, 0) is 12.5 Å². The molecule has 0 unspecified atom stereocenters. The average Bonchev–Trinajstić information content (AvgIpc) is 2.16. The molecule has 0 aromatic heterocycles. The lowest BCUT2D eigenvalue weighted by molar-refractivity contribution is -0.108. The summed E-state index contributed by atoms with van der Waals surface area (Å²) in [6, 6.07) is 9.47. The molecule has 0 fully saturated rings. The molecule has 12 heavy (non-hydrogen) atoms. The molecule has 0 aliphatic carbocycles. The molecule has 0 amide bonds. The number of hydrogen-bond donors (Lipinski definition) is 0. The predicted molar refractivity (Wildman–Crippen MR) is 49.6 cm³/mol. The van der Waals surface area contributed by atoms with Crippen LogP contribution in [-0.4, -0.2) is 18.5 Å². The summed E-state index contributed by atoms with van der Waals surface area (Å²) in [6.45, 7) is 1.76. The molecule has 2 heteroatoms. The standard InChI is InChI=1S/C10H11NO/c1-9(8-12)11-7-10-5-3-2-4-6-10/h2-9H,1H3/b11-7+/t9-/m0/s1. The minimum atomic E-state index is -0.245. The van der Waals surface area contributed by atoms with Gasteiger partial charge in [-0.2, -0.15) is 0 Å². The Morgan fingerprint density at radius 2 is 2.00 bits per heavy atom. The number of carbonyl (C=O) groups excluding carboxylic acids is 1. The molecule has 0 aliphatic rings. The van der Waals surface area contributed by atoms with Crippen LogP contribution in [0.1, 0.15) is 12.5 Å². The number of carbonyl (C=O) groups is 1. The summed E-state index contributed by atoms with van der Waals surface area (Å²) in [7, 11) is 0. The summed E-state index contributed by atoms with van der Waals surface area (Å²) < 4.78 is 0. The first-order valence-electron chi connectivity index (χ1n) is 3.86. The Morgan fingerprint density at radius 1 is 1.33 bits per heavy atom. The third kappa shape index (κ3) is 2.66. The highest BCUT2D eigenvalue weighted by Crippen LogP contribution is 1.94. The number of benzene rings is 1. The van der Waals surface area contributed by atoms with E-state index in [2.05, 4.69) is 4.99 Å². The largest absolute Gasteiger partial charge is 0.301 e. The quantitative estimate of drug-likeness (QED) is 0.490. The van der Waals surface area contributed by atoms with Crippen molar-refractivity contribution in [1.82, 2.24) is 0 Å². The van der Waals surface area contributed by atoms with Gasteiger partial charge < -0.3 is 4.79 Å². The Labute approximate surface area is 71.9 Å². The molecule has 62 valence electrons. The lowest BCUT2D eigenvalue weighted by atomic mass is 10.2. The smallest absolute Gasteiger partial charge is 0.144 e. The van der Waals surface area contributed by atoms with Gasteiger partial charge in [0.1, 0.15) is 12.3 Å². The van der Waals surface area contributed by atoms with Crippen molar-refractivity contribution >= 4 is 12.5 Å². The van der Waals surface area contributed by atoms with Gasteiger partial charge in [0.25, 0.3) is 0 Å². The van der Waals surface area contributed by atoms with E-state index in [1.165, 1.54) is 0 Å². The zero-order valence-electron chi connectivity index (χ0n) is 6.97. The number of rotatable bonds is 3. The maximum atomic E-state index is 10.2. The van der Waals surface area contributed by atoms with Gasteiger partial charge >= 0.3 is 0 Å². The van der Waals surface area contributed by atoms with E-state index in [0.29, 0.717) is 0 Å². The van der Waals surface area contributed by atoms with Crippen molar-refractivity contribution in [2.75, 3.05) is 0 Å². The van der Waals surface area contributed by atoms with Crippen LogP contribution in [-0.2, 0) is 4.79 Å². The first-order valence-corrected chi connectivity index (χ1v) is 3.86. The van der Waals surface area contributed by atoms with Gasteiger partial charge in [0.15, 0.2) is 0 Å². The van der Waals surface area contributed by atoms with Gasteiger partial charge in [-0.25, -0.2) is 0 Å². The molecule has 0 N–H and O–H groups in total. The average molecular weight is 161 g/mol. The third-order valence-electron chi connectivity index (χ3n) is 1.46. The lowest BCUT2D eigenvalue weighted by Crippen LogP contribution is -1.98. The molecular weight excluding hydrogens is 150 g/mol. The molecule has 1 atom stereocenters. The van der Waals surface area contributed by atoms with Crippen LogP contribution in [0.4, 0.5) is 0 Å². The van der Waals surface area contributed by atoms with Crippen molar-refractivity contribution in [3.05, 3.63) is 35.9 Å². The van der Waals surface area contributed by atoms with Crippen LogP contribution in [0.5, 0.6) is 0 Å². The fourth-order valence-electron chi connectivity index (χ4n) is 0.778. The van der Waals surface area contributed by atoms with E-state index in [1.807, 2.05) is 30.3 Å². The van der Waals surface area contributed by atoms with Crippen molar-refractivity contribution < 1.29 is 4.79 Å². The highest BCUT2D eigenvalue weighted by molar-refractivity contribution is 5.80. The maximum Gasteiger partial charge on any atom is 0.144 e. The van der Waals surface area contributed by atoms with E-state index in [0.717, 1.165) is 11.8 Å². The molecule has 1 aromatic carbocycles. The molecule has 0 saturated heterocycles. The zero-order valence-corrected chi connectivity index (χ0v) is 6.97. The lowest BCUT2D eigenvalue weighted by Gasteiger charge is -1.93. The van der Waals surface area contributed by atoms with Crippen molar-refractivity contribution in [1.29, 1.82) is 0 Å². The molecule has 0 radical (unpaired) electrons. The van der Waals surface area contributed by atoms with Crippen molar-refractivity contribution in [2.24, 2.45) is 4.99 Å². The number of aliphatic imine (C=N–C) groups is 1. The minimum absolute atomic E-state index is 0.245. The minimum Gasteiger partial charge on any atom is -0.301 e. The van der Waals surface area contributed by atoms with Gasteiger partial charge in [0.05, 0.1) is 0 Å². The Balaban J connectivity index is 2.63. The van der Waals surface area contributed by atoms with Gasteiger partial charge in [0.2, 0.25) is 0 Å². The SMILES string of the molecule is C[C@@H](C=O)/N=C/c1ccccc1. The first-order chi connectivity index (χ1) is 5.83. The maximum absolute atomic E-state index is 10.2. The first kappa shape index (κ1) is 8.65. The molecule has 0 saturated carbocycles. The topological polar surface area (TPSA) is 29.4 Å². The molecule has 0 spiro atoms. The van der Waals surface area contributed by atoms with Crippen LogP contribution in [0.3, 0.4) is 0 Å². The molecule has 0 bridgehead atoms. The van der Waals surface area contributed by atoms with Gasteiger partial charge in [-0.3, -0.25) is 4.99 Å². The summed E-state index contributed by atoms with van der Waals surface area (Å²) in [5.41, 5.74) is 1.02. The second-order valence-electron chi connectivity index (χ2n) is 2.57. The highest BCUT2D eigenvalue weighted by atomic mass is 16.1. The summed E-state index contributed by atoms with van der Waals surface area (Å²) >= 11 is 0. The van der Waals surface area contributed by atoms with Crippen LogP contribution in [0.15, 0.2) is 35.3 Å². The van der Waals surface area contributed by atoms with Crippen molar-refractivity contribution in [3.8, 4) is 0 Å². The van der Waals surface area contributed by atoms with Crippen LogP contribution < -0.4 is 0 Å². The zero-order chi connectivity index (χ0) is 8.81. The number of hydrogen-bond acceptors (Lipinski definition) is 2.